The molecule has 1 aliphatic heterocycles. The molecule has 1 aliphatic rings. The molecule has 1 heterocycles. The largest absolute Gasteiger partial charge is 0.478 e. The molecule has 0 spiro atoms. The van der Waals surface area contributed by atoms with Gasteiger partial charge in [-0.05, 0) is 6.42 Å². The summed E-state index contributed by atoms with van der Waals surface area (Å²) in [5.41, 5.74) is 0. The number of nitrogens with one attached hydrogen (secondary N) is 1. The molecule has 5 heteroatoms. The van der Waals surface area contributed by atoms with Gasteiger partial charge in [0.1, 0.15) is 6.04 Å². The molecule has 0 aromatic rings. The highest BCUT2D eigenvalue weighted by atomic mass is 16.4. The third kappa shape index (κ3) is 2.48. The number of piperazine rings is 1. The molecular weight excluding hydrogens is 184 g/mol. The molecule has 0 aliphatic carbocycles. The molecule has 1 atom stereocenters. The maximum atomic E-state index is 11.3. The van der Waals surface area contributed by atoms with E-state index in [4.69, 9.17) is 5.11 Å². The van der Waals surface area contributed by atoms with Crippen molar-refractivity contribution in [3.63, 3.8) is 0 Å². The van der Waals surface area contributed by atoms with E-state index in [1.54, 1.807) is 4.90 Å². The molecule has 0 aromatic carbocycles. The lowest BCUT2D eigenvalue weighted by Gasteiger charge is -2.33. The molecule has 0 aromatic heterocycles. The first kappa shape index (κ1) is 10.6. The van der Waals surface area contributed by atoms with Crippen molar-refractivity contribution in [1.29, 1.82) is 0 Å². The zero-order valence-electron chi connectivity index (χ0n) is 8.06. The third-order valence-electron chi connectivity index (χ3n) is 2.17. The minimum Gasteiger partial charge on any atom is -0.478 e. The highest BCUT2D eigenvalue weighted by Crippen LogP contribution is 2.08. The quantitative estimate of drug-likeness (QED) is 0.616. The van der Waals surface area contributed by atoms with Gasteiger partial charge in [0.15, 0.2) is 0 Å². The first-order valence-corrected chi connectivity index (χ1v) is 4.59. The Morgan fingerprint density at radius 3 is 3.07 bits per heavy atom. The van der Waals surface area contributed by atoms with Gasteiger partial charge >= 0.3 is 5.97 Å². The second kappa shape index (κ2) is 4.64. The molecule has 1 saturated heterocycles. The molecule has 1 unspecified atom stereocenters. The van der Waals surface area contributed by atoms with Gasteiger partial charge in [-0.15, -0.1) is 0 Å². The summed E-state index contributed by atoms with van der Waals surface area (Å²) in [7, 11) is 0. The van der Waals surface area contributed by atoms with Crippen molar-refractivity contribution in [2.45, 2.75) is 19.4 Å². The van der Waals surface area contributed by atoms with Crippen LogP contribution in [0.3, 0.4) is 0 Å². The zero-order chi connectivity index (χ0) is 10.6. The van der Waals surface area contributed by atoms with Crippen LogP contribution in [0, 0.1) is 0 Å². The first-order chi connectivity index (χ1) is 6.65. The monoisotopic (exact) mass is 198 g/mol. The highest BCUT2D eigenvalue weighted by Gasteiger charge is 2.25. The molecule has 1 amide bonds. The van der Waals surface area contributed by atoms with Gasteiger partial charge in [0.25, 0.3) is 0 Å². The Morgan fingerprint density at radius 1 is 1.79 bits per heavy atom. The van der Waals surface area contributed by atoms with Crippen molar-refractivity contribution in [3.8, 4) is 0 Å². The van der Waals surface area contributed by atoms with Crippen molar-refractivity contribution in [2.24, 2.45) is 0 Å². The number of carboxylic acid groups (broad SMARTS) is 1. The number of hydrogen-bond donors (Lipinski definition) is 2. The highest BCUT2D eigenvalue weighted by molar-refractivity contribution is 5.83. The Bertz CT molecular complexity index is 263. The van der Waals surface area contributed by atoms with Crippen LogP contribution in [0.1, 0.15) is 13.3 Å². The van der Waals surface area contributed by atoms with Crippen LogP contribution in [0.15, 0.2) is 12.3 Å². The fraction of sp³-hybridized carbons (Fsp3) is 0.556. The van der Waals surface area contributed by atoms with E-state index in [0.29, 0.717) is 19.5 Å². The smallest absolute Gasteiger partial charge is 0.329 e. The fourth-order valence-corrected chi connectivity index (χ4v) is 1.49. The van der Waals surface area contributed by atoms with Gasteiger partial charge in [0.2, 0.25) is 5.91 Å². The zero-order valence-corrected chi connectivity index (χ0v) is 8.06. The van der Waals surface area contributed by atoms with Crippen LogP contribution in [0.5, 0.6) is 0 Å². The lowest BCUT2D eigenvalue weighted by Crippen LogP contribution is -2.52. The van der Waals surface area contributed by atoms with E-state index in [0.717, 1.165) is 6.08 Å². The van der Waals surface area contributed by atoms with E-state index in [9.17, 15) is 9.59 Å². The van der Waals surface area contributed by atoms with Crippen molar-refractivity contribution in [2.75, 3.05) is 13.1 Å². The van der Waals surface area contributed by atoms with Gasteiger partial charge < -0.3 is 15.3 Å². The lowest BCUT2D eigenvalue weighted by atomic mass is 10.1. The summed E-state index contributed by atoms with van der Waals surface area (Å²) in [6.45, 7) is 3.13. The molecule has 0 radical (unpaired) electrons. The molecule has 14 heavy (non-hydrogen) atoms. The number of nitrogens with zero attached hydrogens (tertiary/aromatic N) is 1. The van der Waals surface area contributed by atoms with Gasteiger partial charge in [-0.2, -0.15) is 0 Å². The molecule has 2 N–H and O–H groups in total. The molecule has 78 valence electrons. The normalized spacial score (nSPS) is 22.5. The average Bonchev–Trinajstić information content (AvgIpc) is 2.14. The maximum Gasteiger partial charge on any atom is 0.329 e. The molecular formula is C9H14N2O3. The molecule has 5 nitrogen and oxygen atoms in total. The summed E-state index contributed by atoms with van der Waals surface area (Å²) in [4.78, 5) is 23.4. The number of carbonyl (C=O) groups excluding carboxylic acids is 1. The summed E-state index contributed by atoms with van der Waals surface area (Å²) in [5, 5.41) is 11.2. The number of hydrogen-bond acceptors (Lipinski definition) is 3. The predicted molar refractivity (Wildman–Crippen MR) is 50.6 cm³/mol. The van der Waals surface area contributed by atoms with Crippen LogP contribution < -0.4 is 5.32 Å². The van der Waals surface area contributed by atoms with E-state index in [1.165, 1.54) is 6.20 Å². The van der Waals surface area contributed by atoms with E-state index in [2.05, 4.69) is 5.32 Å². The summed E-state index contributed by atoms with van der Waals surface area (Å²) in [6, 6.07) is -0.237. The molecule has 0 bridgehead atoms. The van der Waals surface area contributed by atoms with Crippen LogP contribution in [0.25, 0.3) is 0 Å². The minimum atomic E-state index is -0.995. The standard InChI is InChI=1S/C9H14N2O3/c1-2-7-9(14)10-4-6-11(7)5-3-8(12)13/h3,5,7H,2,4,6H2,1H3,(H,10,14)(H,12,13). The Kier molecular flexibility index (Phi) is 3.50. The lowest BCUT2D eigenvalue weighted by molar-refractivity contribution is -0.132. The number of aliphatic carboxylic acids is 1. The van der Waals surface area contributed by atoms with E-state index in [1.807, 2.05) is 6.92 Å². The fourth-order valence-electron chi connectivity index (χ4n) is 1.49. The second-order valence-electron chi connectivity index (χ2n) is 3.11. The summed E-state index contributed by atoms with van der Waals surface area (Å²) < 4.78 is 0. The van der Waals surface area contributed by atoms with Gasteiger partial charge in [-0.1, -0.05) is 6.92 Å². The SMILES string of the molecule is CCC1C(=O)NCCN1C=CC(=O)O. The van der Waals surface area contributed by atoms with Gasteiger partial charge in [0, 0.05) is 25.4 Å². The Labute approximate surface area is 82.4 Å². The van der Waals surface area contributed by atoms with Gasteiger partial charge in [-0.3, -0.25) is 4.79 Å². The topological polar surface area (TPSA) is 69.6 Å². The van der Waals surface area contributed by atoms with Crippen LogP contribution in [0.2, 0.25) is 0 Å². The van der Waals surface area contributed by atoms with Crippen molar-refractivity contribution in [3.05, 3.63) is 12.3 Å². The molecule has 1 fully saturated rings. The van der Waals surface area contributed by atoms with Crippen molar-refractivity contribution >= 4 is 11.9 Å². The van der Waals surface area contributed by atoms with Gasteiger partial charge in [-0.25, -0.2) is 4.79 Å². The Balaban J connectivity index is 2.65. The minimum absolute atomic E-state index is 0.0335. The Morgan fingerprint density at radius 2 is 2.50 bits per heavy atom. The van der Waals surface area contributed by atoms with Crippen LogP contribution in [-0.2, 0) is 9.59 Å². The van der Waals surface area contributed by atoms with Gasteiger partial charge in [0.05, 0.1) is 0 Å². The predicted octanol–water partition coefficient (Wildman–Crippen LogP) is -0.205. The third-order valence-corrected chi connectivity index (χ3v) is 2.17. The van der Waals surface area contributed by atoms with Crippen molar-refractivity contribution in [1.82, 2.24) is 10.2 Å². The molecule has 1 rings (SSSR count). The summed E-state index contributed by atoms with van der Waals surface area (Å²) in [6.07, 6.45) is 3.20. The first-order valence-electron chi connectivity index (χ1n) is 4.59. The van der Waals surface area contributed by atoms with Crippen molar-refractivity contribution < 1.29 is 14.7 Å². The summed E-state index contributed by atoms with van der Waals surface area (Å²) >= 11 is 0. The number of amides is 1. The number of carbonyl (C=O) groups is 2. The van der Waals surface area contributed by atoms with Crippen LogP contribution >= 0.6 is 0 Å². The van der Waals surface area contributed by atoms with E-state index in [-0.39, 0.29) is 11.9 Å². The van der Waals surface area contributed by atoms with E-state index >= 15 is 0 Å². The second-order valence-corrected chi connectivity index (χ2v) is 3.11. The average molecular weight is 198 g/mol. The van der Waals surface area contributed by atoms with Crippen LogP contribution in [-0.4, -0.2) is 41.0 Å². The number of rotatable bonds is 3. The summed E-state index contributed by atoms with van der Waals surface area (Å²) in [5.74, 6) is -1.03. The molecule has 0 saturated carbocycles. The maximum absolute atomic E-state index is 11.3. The Hall–Kier alpha value is -1.52. The number of carboxylic acids is 1. The van der Waals surface area contributed by atoms with E-state index < -0.39 is 5.97 Å². The van der Waals surface area contributed by atoms with Crippen LogP contribution in [0.4, 0.5) is 0 Å².